The highest BCUT2D eigenvalue weighted by Crippen LogP contribution is 2.33. The SMILES string of the molecule is Brc1ccc(Nc2c3ccccc3nc3ccccc23)cc1.Cl. The van der Waals surface area contributed by atoms with Gasteiger partial charge in [-0.1, -0.05) is 52.3 Å². The zero-order valence-corrected chi connectivity index (χ0v) is 14.6. The summed E-state index contributed by atoms with van der Waals surface area (Å²) >= 11 is 3.47. The van der Waals surface area contributed by atoms with Crippen LogP contribution in [0.5, 0.6) is 0 Å². The van der Waals surface area contributed by atoms with Crippen LogP contribution < -0.4 is 5.32 Å². The van der Waals surface area contributed by atoms with Gasteiger partial charge in [-0.3, -0.25) is 0 Å². The second-order valence-corrected chi connectivity index (χ2v) is 6.07. The largest absolute Gasteiger partial charge is 0.354 e. The van der Waals surface area contributed by atoms with Gasteiger partial charge in [-0.05, 0) is 36.4 Å². The number of hydrogen-bond donors (Lipinski definition) is 1. The van der Waals surface area contributed by atoms with Gasteiger partial charge in [-0.25, -0.2) is 4.98 Å². The third-order valence-corrected chi connectivity index (χ3v) is 4.23. The van der Waals surface area contributed by atoms with Crippen LogP contribution in [0.25, 0.3) is 21.8 Å². The van der Waals surface area contributed by atoms with Crippen molar-refractivity contribution in [3.63, 3.8) is 0 Å². The Morgan fingerprint density at radius 2 is 1.22 bits per heavy atom. The molecule has 0 saturated heterocycles. The van der Waals surface area contributed by atoms with E-state index in [4.69, 9.17) is 4.98 Å². The van der Waals surface area contributed by atoms with Crippen LogP contribution in [0.3, 0.4) is 0 Å². The monoisotopic (exact) mass is 384 g/mol. The number of para-hydroxylation sites is 2. The maximum atomic E-state index is 4.75. The van der Waals surface area contributed by atoms with Gasteiger partial charge in [0.25, 0.3) is 0 Å². The highest BCUT2D eigenvalue weighted by Gasteiger charge is 2.08. The summed E-state index contributed by atoms with van der Waals surface area (Å²) in [5, 5.41) is 5.81. The summed E-state index contributed by atoms with van der Waals surface area (Å²) in [5.74, 6) is 0. The van der Waals surface area contributed by atoms with Crippen LogP contribution >= 0.6 is 28.3 Å². The fourth-order valence-corrected chi connectivity index (χ4v) is 2.92. The van der Waals surface area contributed by atoms with Gasteiger partial charge >= 0.3 is 0 Å². The van der Waals surface area contributed by atoms with E-state index in [1.807, 2.05) is 36.4 Å². The van der Waals surface area contributed by atoms with E-state index in [1.54, 1.807) is 0 Å². The molecule has 0 aliphatic rings. The van der Waals surface area contributed by atoms with Crippen LogP contribution in [-0.4, -0.2) is 4.98 Å². The lowest BCUT2D eigenvalue weighted by Gasteiger charge is -2.13. The first-order valence-electron chi connectivity index (χ1n) is 7.11. The summed E-state index contributed by atoms with van der Waals surface area (Å²) in [4.78, 5) is 4.75. The van der Waals surface area contributed by atoms with E-state index in [0.717, 1.165) is 37.7 Å². The van der Waals surface area contributed by atoms with Crippen LogP contribution in [0.1, 0.15) is 0 Å². The van der Waals surface area contributed by atoms with Crippen molar-refractivity contribution < 1.29 is 0 Å². The Morgan fingerprint density at radius 1 is 0.696 bits per heavy atom. The third-order valence-electron chi connectivity index (χ3n) is 3.70. The first kappa shape index (κ1) is 15.8. The van der Waals surface area contributed by atoms with Gasteiger partial charge in [-0.2, -0.15) is 0 Å². The molecule has 0 atom stereocenters. The van der Waals surface area contributed by atoms with Crippen LogP contribution in [-0.2, 0) is 0 Å². The Labute approximate surface area is 149 Å². The van der Waals surface area contributed by atoms with Gasteiger partial charge < -0.3 is 5.32 Å². The van der Waals surface area contributed by atoms with Crippen molar-refractivity contribution in [3.05, 3.63) is 77.3 Å². The molecule has 1 heterocycles. The first-order valence-corrected chi connectivity index (χ1v) is 7.91. The van der Waals surface area contributed by atoms with E-state index < -0.39 is 0 Å². The Kier molecular flexibility index (Phi) is 4.51. The van der Waals surface area contributed by atoms with Gasteiger partial charge in [0.15, 0.2) is 0 Å². The lowest BCUT2D eigenvalue weighted by atomic mass is 10.1. The summed E-state index contributed by atoms with van der Waals surface area (Å²) in [6.45, 7) is 0. The van der Waals surface area contributed by atoms with E-state index in [1.165, 1.54) is 0 Å². The fraction of sp³-hybridized carbons (Fsp3) is 0. The predicted octanol–water partition coefficient (Wildman–Crippen LogP) is 6.32. The summed E-state index contributed by atoms with van der Waals surface area (Å²) in [6.07, 6.45) is 0. The molecule has 0 aliphatic heterocycles. The minimum Gasteiger partial charge on any atom is -0.354 e. The standard InChI is InChI=1S/C19H13BrN2.ClH/c20-13-9-11-14(12-10-13)21-19-15-5-1-3-7-17(15)22-18-8-4-2-6-16(18)19;/h1-12H,(H,21,22);1H. The predicted molar refractivity (Wildman–Crippen MR) is 104 cm³/mol. The molecular weight excluding hydrogens is 372 g/mol. The second-order valence-electron chi connectivity index (χ2n) is 5.15. The fourth-order valence-electron chi connectivity index (χ4n) is 2.65. The van der Waals surface area contributed by atoms with Crippen molar-refractivity contribution in [1.29, 1.82) is 0 Å². The number of benzene rings is 3. The first-order chi connectivity index (χ1) is 10.8. The molecule has 23 heavy (non-hydrogen) atoms. The molecule has 3 aromatic carbocycles. The summed E-state index contributed by atoms with van der Waals surface area (Å²) in [6, 6.07) is 24.6. The number of pyridine rings is 1. The van der Waals surface area contributed by atoms with E-state index in [-0.39, 0.29) is 12.4 Å². The lowest BCUT2D eigenvalue weighted by molar-refractivity contribution is 1.48. The van der Waals surface area contributed by atoms with Crippen LogP contribution in [0.15, 0.2) is 77.3 Å². The normalized spacial score (nSPS) is 10.5. The second kappa shape index (κ2) is 6.57. The summed E-state index contributed by atoms with van der Waals surface area (Å²) in [5.41, 5.74) is 4.16. The average molecular weight is 386 g/mol. The Hall–Kier alpha value is -2.10. The molecule has 1 aromatic heterocycles. The molecule has 0 radical (unpaired) electrons. The van der Waals surface area contributed by atoms with Crippen molar-refractivity contribution in [2.24, 2.45) is 0 Å². The van der Waals surface area contributed by atoms with Gasteiger partial charge in [-0.15, -0.1) is 12.4 Å². The molecule has 1 N–H and O–H groups in total. The van der Waals surface area contributed by atoms with E-state index >= 15 is 0 Å². The Bertz CT molecular complexity index is 914. The molecule has 114 valence electrons. The number of halogens is 2. The van der Waals surface area contributed by atoms with Crippen molar-refractivity contribution in [2.75, 3.05) is 5.32 Å². The van der Waals surface area contributed by atoms with Crippen LogP contribution in [0, 0.1) is 0 Å². The topological polar surface area (TPSA) is 24.9 Å². The zero-order chi connectivity index (χ0) is 14.9. The zero-order valence-electron chi connectivity index (χ0n) is 12.2. The van der Waals surface area contributed by atoms with Crippen molar-refractivity contribution in [2.45, 2.75) is 0 Å². The molecule has 0 spiro atoms. The number of nitrogens with zero attached hydrogens (tertiary/aromatic N) is 1. The average Bonchev–Trinajstić information content (AvgIpc) is 2.56. The molecular formula is C19H14BrClN2. The van der Waals surface area contributed by atoms with Gasteiger partial charge in [0.1, 0.15) is 0 Å². The van der Waals surface area contributed by atoms with Gasteiger partial charge in [0.2, 0.25) is 0 Å². The maximum Gasteiger partial charge on any atom is 0.0730 e. The summed E-state index contributed by atoms with van der Waals surface area (Å²) in [7, 11) is 0. The number of fused-ring (bicyclic) bond motifs is 2. The Balaban J connectivity index is 0.00000156. The minimum atomic E-state index is 0. The highest BCUT2D eigenvalue weighted by molar-refractivity contribution is 9.10. The number of hydrogen-bond acceptors (Lipinski definition) is 2. The molecule has 0 amide bonds. The van der Waals surface area contributed by atoms with Crippen molar-refractivity contribution in [1.82, 2.24) is 4.98 Å². The molecule has 4 rings (SSSR count). The number of nitrogens with one attached hydrogen (secondary N) is 1. The van der Waals surface area contributed by atoms with E-state index in [2.05, 4.69) is 57.6 Å². The highest BCUT2D eigenvalue weighted by atomic mass is 79.9. The number of anilines is 2. The minimum absolute atomic E-state index is 0. The third kappa shape index (κ3) is 3.03. The number of rotatable bonds is 2. The number of aromatic nitrogens is 1. The van der Waals surface area contributed by atoms with Crippen LogP contribution in [0.4, 0.5) is 11.4 Å². The van der Waals surface area contributed by atoms with E-state index in [0.29, 0.717) is 0 Å². The van der Waals surface area contributed by atoms with Gasteiger partial charge in [0.05, 0.1) is 16.7 Å². The molecule has 4 aromatic rings. The van der Waals surface area contributed by atoms with Gasteiger partial charge in [0, 0.05) is 20.9 Å². The molecule has 0 fully saturated rings. The van der Waals surface area contributed by atoms with Crippen molar-refractivity contribution >= 4 is 61.5 Å². The smallest absolute Gasteiger partial charge is 0.0730 e. The molecule has 4 heteroatoms. The molecule has 0 bridgehead atoms. The van der Waals surface area contributed by atoms with E-state index in [9.17, 15) is 0 Å². The Morgan fingerprint density at radius 3 is 1.78 bits per heavy atom. The quantitative estimate of drug-likeness (QED) is 0.409. The summed E-state index contributed by atoms with van der Waals surface area (Å²) < 4.78 is 1.07. The lowest BCUT2D eigenvalue weighted by Crippen LogP contribution is -1.95. The molecule has 2 nitrogen and oxygen atoms in total. The maximum absolute atomic E-state index is 4.75. The van der Waals surface area contributed by atoms with Crippen molar-refractivity contribution in [3.8, 4) is 0 Å². The molecule has 0 aliphatic carbocycles. The molecule has 0 saturated carbocycles. The molecule has 0 unspecified atom stereocenters. The van der Waals surface area contributed by atoms with Crippen LogP contribution in [0.2, 0.25) is 0 Å².